The first kappa shape index (κ1) is 24.8. The molecule has 0 fully saturated rings. The summed E-state index contributed by atoms with van der Waals surface area (Å²) >= 11 is 13.9. The lowest BCUT2D eigenvalue weighted by atomic mass is 10.8. The number of hydrogen-bond acceptors (Lipinski definition) is 9. The van der Waals surface area contributed by atoms with Gasteiger partial charge >= 0.3 is 0 Å². The highest BCUT2D eigenvalue weighted by Crippen LogP contribution is 2.61. The van der Waals surface area contributed by atoms with Crippen molar-refractivity contribution in [1.82, 2.24) is 0 Å². The maximum absolute atomic E-state index is 5.62. The van der Waals surface area contributed by atoms with E-state index in [1.165, 1.54) is 22.8 Å². The number of rotatable bonds is 16. The summed E-state index contributed by atoms with van der Waals surface area (Å²) in [5, 5.41) is 0. The van der Waals surface area contributed by atoms with Gasteiger partial charge < -0.3 is 22.8 Å². The molecule has 0 saturated carbocycles. The summed E-state index contributed by atoms with van der Waals surface area (Å²) in [6.07, 6.45) is 0. The van der Waals surface area contributed by atoms with E-state index in [-0.39, 0.29) is 0 Å². The van der Waals surface area contributed by atoms with Gasteiger partial charge in [0.15, 0.2) is 0 Å². The third-order valence-electron chi connectivity index (χ3n) is 2.10. The second-order valence-electron chi connectivity index (χ2n) is 3.84. The van der Waals surface area contributed by atoms with Crippen molar-refractivity contribution in [2.45, 2.75) is 27.7 Å². The Hall–Kier alpha value is 1.80. The van der Waals surface area contributed by atoms with E-state index in [0.29, 0.717) is 39.6 Å². The molecule has 140 valence electrons. The molecule has 0 aromatic carbocycles. The summed E-state index contributed by atoms with van der Waals surface area (Å²) in [5.41, 5.74) is -4.41. The molecule has 0 N–H and O–H groups in total. The summed E-state index contributed by atoms with van der Waals surface area (Å²) in [5.74, 6) is 1.51. The molecule has 0 radical (unpaired) electrons. The van der Waals surface area contributed by atoms with Crippen molar-refractivity contribution >= 4 is 57.8 Å². The minimum Gasteiger partial charge on any atom is -0.380 e. The summed E-state index contributed by atoms with van der Waals surface area (Å²) in [6, 6.07) is 0. The number of hydrogen-bond donors (Lipinski definition) is 0. The maximum atomic E-state index is 5.62. The molecule has 0 amide bonds. The van der Waals surface area contributed by atoms with Crippen molar-refractivity contribution in [1.29, 1.82) is 0 Å². The third kappa shape index (κ3) is 12.7. The van der Waals surface area contributed by atoms with Gasteiger partial charge in [0, 0.05) is 11.5 Å². The molecule has 0 atom stereocenters. The minimum atomic E-state index is -2.21. The van der Waals surface area contributed by atoms with E-state index in [4.69, 9.17) is 46.4 Å². The zero-order valence-corrected chi connectivity index (χ0v) is 19.3. The van der Waals surface area contributed by atoms with E-state index >= 15 is 0 Å². The molecule has 23 heavy (non-hydrogen) atoms. The van der Waals surface area contributed by atoms with Crippen LogP contribution in [0.15, 0.2) is 0 Å². The topological polar surface area (TPSA) is 46.2 Å². The Morgan fingerprint density at radius 3 is 1.22 bits per heavy atom. The van der Waals surface area contributed by atoms with E-state index in [1.807, 2.05) is 27.7 Å². The fourth-order valence-electron chi connectivity index (χ4n) is 1.37. The van der Waals surface area contributed by atoms with E-state index in [1.54, 1.807) is 0 Å². The Bertz CT molecular complexity index is 332. The lowest BCUT2D eigenvalue weighted by Gasteiger charge is -2.20. The van der Waals surface area contributed by atoms with Crippen LogP contribution in [0.1, 0.15) is 27.7 Å². The van der Waals surface area contributed by atoms with Crippen molar-refractivity contribution in [3.8, 4) is 0 Å². The van der Waals surface area contributed by atoms with Crippen LogP contribution < -0.4 is 0 Å². The highest BCUT2D eigenvalue weighted by molar-refractivity contribution is 8.68. The van der Waals surface area contributed by atoms with Gasteiger partial charge in [-0.05, 0) is 51.3 Å². The molecule has 0 aliphatic heterocycles. The van der Waals surface area contributed by atoms with Crippen LogP contribution in [0, 0.1) is 0 Å². The molecule has 0 spiro atoms. The highest BCUT2D eigenvalue weighted by atomic mass is 32.9. The summed E-state index contributed by atoms with van der Waals surface area (Å²) in [7, 11) is 0. The third-order valence-corrected chi connectivity index (χ3v) is 13.2. The van der Waals surface area contributed by atoms with Crippen LogP contribution >= 0.6 is 34.2 Å². The van der Waals surface area contributed by atoms with E-state index in [9.17, 15) is 0 Å². The van der Waals surface area contributed by atoms with Gasteiger partial charge in [-0.3, -0.25) is 0 Å². The largest absolute Gasteiger partial charge is 0.380 e. The first-order valence-corrected chi connectivity index (χ1v) is 16.1. The monoisotopic (exact) mass is 442 g/mol. The van der Waals surface area contributed by atoms with Crippen LogP contribution in [0.4, 0.5) is 0 Å². The summed E-state index contributed by atoms with van der Waals surface area (Å²) in [6.45, 7) is 11.2. The molecule has 0 heterocycles. The van der Waals surface area contributed by atoms with Gasteiger partial charge in [-0.25, -0.2) is 0 Å². The summed E-state index contributed by atoms with van der Waals surface area (Å²) in [4.78, 5) is 0. The van der Waals surface area contributed by atoms with Gasteiger partial charge in [0.1, 0.15) is 0 Å². The molecule has 0 aliphatic rings. The van der Waals surface area contributed by atoms with Crippen LogP contribution in [-0.2, 0) is 46.4 Å². The molecule has 0 unspecified atom stereocenters. The maximum Gasteiger partial charge on any atom is 0.247 e. The molecule has 0 aromatic rings. The van der Waals surface area contributed by atoms with Gasteiger partial charge in [-0.2, -0.15) is 0 Å². The van der Waals surface area contributed by atoms with E-state index < -0.39 is 11.4 Å². The van der Waals surface area contributed by atoms with Gasteiger partial charge in [-0.15, -0.1) is 0 Å². The average Bonchev–Trinajstić information content (AvgIpc) is 2.47. The van der Waals surface area contributed by atoms with Gasteiger partial charge in [-0.1, -0.05) is 22.8 Å². The quantitative estimate of drug-likeness (QED) is 0.241. The predicted molar refractivity (Wildman–Crippen MR) is 111 cm³/mol. The van der Waals surface area contributed by atoms with Crippen molar-refractivity contribution in [2.75, 3.05) is 51.1 Å². The molecule has 0 saturated heterocycles. The Balaban J connectivity index is 3.87. The lowest BCUT2D eigenvalue weighted by Crippen LogP contribution is -2.03. The fraction of sp³-hybridized carbons (Fsp3) is 1.00. The van der Waals surface area contributed by atoms with Gasteiger partial charge in [0.05, 0.1) is 39.6 Å². The van der Waals surface area contributed by atoms with Crippen molar-refractivity contribution in [3.63, 3.8) is 0 Å². The molecule has 11 heteroatoms. The van der Waals surface area contributed by atoms with Crippen molar-refractivity contribution in [2.24, 2.45) is 0 Å². The molecule has 5 nitrogen and oxygen atoms in total. The first-order valence-electron chi connectivity index (χ1n) is 7.60. The standard InChI is InChI=1S/C12H28O5P2S4/c1-5-14-18(20,15-6-2)22-11-9-13-10-12-23-19(21,16-7-3)17-8-4/h5-12H2,1-4H3. The van der Waals surface area contributed by atoms with Crippen LogP contribution in [-0.4, -0.2) is 51.1 Å². The normalized spacial score (nSPS) is 12.7. The van der Waals surface area contributed by atoms with E-state index in [0.717, 1.165) is 11.5 Å². The Labute approximate surface area is 159 Å². The second kappa shape index (κ2) is 14.9. The predicted octanol–water partition coefficient (Wildman–Crippen LogP) is 5.06. The van der Waals surface area contributed by atoms with Crippen LogP contribution in [0.2, 0.25) is 0 Å². The first-order chi connectivity index (χ1) is 10.9. The molecule has 0 bridgehead atoms. The lowest BCUT2D eigenvalue weighted by molar-refractivity contribution is 0.167. The fourth-order valence-corrected chi connectivity index (χ4v) is 10.5. The van der Waals surface area contributed by atoms with Crippen LogP contribution in [0.25, 0.3) is 0 Å². The molecule has 0 rings (SSSR count). The Kier molecular flexibility index (Phi) is 16.1. The molecule has 0 aromatic heterocycles. The second-order valence-corrected chi connectivity index (χ2v) is 16.7. The minimum absolute atomic E-state index is 0.571. The molecular formula is C12H28O5P2S4. The average molecular weight is 443 g/mol. The smallest absolute Gasteiger partial charge is 0.247 e. The Morgan fingerprint density at radius 2 is 0.957 bits per heavy atom. The van der Waals surface area contributed by atoms with E-state index in [2.05, 4.69) is 0 Å². The molecular weight excluding hydrogens is 414 g/mol. The van der Waals surface area contributed by atoms with Crippen LogP contribution in [0.5, 0.6) is 0 Å². The van der Waals surface area contributed by atoms with Gasteiger partial charge in [0.25, 0.3) is 0 Å². The summed E-state index contributed by atoms with van der Waals surface area (Å²) < 4.78 is 27.9. The number of ether oxygens (including phenoxy) is 1. The zero-order valence-electron chi connectivity index (χ0n) is 14.2. The van der Waals surface area contributed by atoms with Gasteiger partial charge in [0.2, 0.25) is 11.4 Å². The SMILES string of the molecule is CCOP(=S)(OCC)SCCOCCSP(=S)(OCC)OCC. The van der Waals surface area contributed by atoms with Crippen molar-refractivity contribution in [3.05, 3.63) is 0 Å². The Morgan fingerprint density at radius 1 is 0.652 bits per heavy atom. The van der Waals surface area contributed by atoms with Crippen molar-refractivity contribution < 1.29 is 22.8 Å². The molecule has 0 aliphatic carbocycles. The highest BCUT2D eigenvalue weighted by Gasteiger charge is 2.19. The van der Waals surface area contributed by atoms with Crippen LogP contribution in [0.3, 0.4) is 0 Å². The zero-order chi connectivity index (χ0) is 17.6.